The molecular weight excluding hydrogens is 735 g/mol. The van der Waals surface area contributed by atoms with Crippen molar-refractivity contribution in [1.29, 1.82) is 0 Å². The van der Waals surface area contributed by atoms with Crippen LogP contribution < -0.4 is 10.6 Å². The zero-order chi connectivity index (χ0) is 39.2. The smallest absolute Gasteiger partial charge is 0.240 e. The molecule has 0 aliphatic heterocycles. The number of imidazole rings is 2. The molecular formula is C46H33N13. The molecule has 0 radical (unpaired) electrons. The predicted octanol–water partition coefficient (Wildman–Crippen LogP) is 9.63. The molecule has 0 saturated heterocycles. The van der Waals surface area contributed by atoms with Gasteiger partial charge in [-0.25, -0.2) is 24.3 Å². The van der Waals surface area contributed by atoms with E-state index in [-0.39, 0.29) is 0 Å². The quantitative estimate of drug-likeness (QED) is 0.157. The highest BCUT2D eigenvalue weighted by atomic mass is 15.3. The summed E-state index contributed by atoms with van der Waals surface area (Å²) in [7, 11) is 0. The fourth-order valence-corrected chi connectivity index (χ4v) is 8.35. The summed E-state index contributed by atoms with van der Waals surface area (Å²) in [5.41, 5.74) is 10.6. The van der Waals surface area contributed by atoms with Gasteiger partial charge in [0, 0.05) is 34.5 Å². The topological polar surface area (TPSA) is 126 Å². The van der Waals surface area contributed by atoms with Crippen molar-refractivity contribution in [3.63, 3.8) is 0 Å². The first-order valence-electron chi connectivity index (χ1n) is 19.3. The maximum absolute atomic E-state index is 5.15. The van der Waals surface area contributed by atoms with Gasteiger partial charge in [-0.3, -0.25) is 9.13 Å². The van der Waals surface area contributed by atoms with E-state index in [9.17, 15) is 0 Å². The van der Waals surface area contributed by atoms with Gasteiger partial charge in [0.2, 0.25) is 11.6 Å². The molecule has 7 aromatic heterocycles. The molecule has 7 heterocycles. The van der Waals surface area contributed by atoms with Crippen LogP contribution in [0.5, 0.6) is 0 Å². The average Bonchev–Trinajstić information content (AvgIpc) is 4.11. The van der Waals surface area contributed by atoms with Gasteiger partial charge < -0.3 is 19.8 Å². The molecule has 0 bridgehead atoms. The Kier molecular flexibility index (Phi) is 7.02. The standard InChI is InChI=1S/C46H33N13/c1-28-9-3-11-30(23-28)55-21-7-17-38(55)51-36-15-5-13-34-41(36)57(26-49-34)43-32-19-20-33-40(32)59-45(53-43)47-25-48-46(59)54-44(33)58-27-50-35-14-6-16-37(42(35)58)52-39-18-8-22-56(39)31-12-4-10-29(2)24-31/h3-27,51-52H,1-2H3. The summed E-state index contributed by atoms with van der Waals surface area (Å²) in [5.74, 6) is 4.19. The number of benzene rings is 4. The molecule has 13 nitrogen and oxygen atoms in total. The van der Waals surface area contributed by atoms with Crippen LogP contribution in [0.15, 0.2) is 153 Å². The Balaban J connectivity index is 1.01. The summed E-state index contributed by atoms with van der Waals surface area (Å²) in [6, 6.07) is 41.5. The molecule has 0 aliphatic carbocycles. The number of hydrogen-bond acceptors (Lipinski definition) is 8. The number of rotatable bonds is 8. The van der Waals surface area contributed by atoms with Crippen molar-refractivity contribution in [2.75, 3.05) is 10.6 Å². The lowest BCUT2D eigenvalue weighted by molar-refractivity contribution is 0.958. The minimum absolute atomic E-state index is 0.475. The van der Waals surface area contributed by atoms with E-state index in [1.807, 2.05) is 62.6 Å². The Bertz CT molecular complexity index is 3330. The summed E-state index contributed by atoms with van der Waals surface area (Å²) in [6.07, 6.45) is 9.30. The van der Waals surface area contributed by atoms with E-state index in [0.29, 0.717) is 23.2 Å². The van der Waals surface area contributed by atoms with Gasteiger partial charge in [-0.2, -0.15) is 9.97 Å². The number of nitrogens with one attached hydrogen (secondary N) is 2. The normalized spacial score (nSPS) is 11.9. The third-order valence-electron chi connectivity index (χ3n) is 11.0. The number of nitrogens with zero attached hydrogens (tertiary/aromatic N) is 11. The van der Waals surface area contributed by atoms with E-state index in [4.69, 9.17) is 19.9 Å². The molecule has 0 unspecified atom stereocenters. The molecule has 0 amide bonds. The monoisotopic (exact) mass is 767 g/mol. The molecule has 0 atom stereocenters. The second kappa shape index (κ2) is 12.6. The number of hydrogen-bond donors (Lipinski definition) is 2. The zero-order valence-electron chi connectivity index (χ0n) is 31.9. The van der Waals surface area contributed by atoms with E-state index in [1.54, 1.807) is 0 Å². The SMILES string of the molecule is Cc1cccc(-n2cccc2Nc2cccc3ncn(-c4nc5ncnc6nc(-n7cnc8cccc(Nc9cccn9-c9cccc(C)c9)c87)c7ccc4c7n56)c23)c1. The Morgan fingerprint density at radius 2 is 0.949 bits per heavy atom. The third-order valence-corrected chi connectivity index (χ3v) is 11.0. The summed E-state index contributed by atoms with van der Waals surface area (Å²) in [5, 5.41) is 9.21. The highest BCUT2D eigenvalue weighted by Crippen LogP contribution is 2.38. The molecule has 282 valence electrons. The van der Waals surface area contributed by atoms with Crippen LogP contribution in [0.3, 0.4) is 0 Å². The summed E-state index contributed by atoms with van der Waals surface area (Å²) in [6.45, 7) is 4.20. The van der Waals surface area contributed by atoms with Crippen LogP contribution in [0.25, 0.3) is 72.9 Å². The summed E-state index contributed by atoms with van der Waals surface area (Å²) in [4.78, 5) is 29.3. The number of aromatic nitrogens is 11. The van der Waals surface area contributed by atoms with E-state index in [1.165, 1.54) is 17.5 Å². The molecule has 59 heavy (non-hydrogen) atoms. The van der Waals surface area contributed by atoms with Crippen molar-refractivity contribution in [3.05, 3.63) is 164 Å². The lowest BCUT2D eigenvalue weighted by Gasteiger charge is -2.16. The molecule has 2 N–H and O–H groups in total. The van der Waals surface area contributed by atoms with E-state index < -0.39 is 0 Å². The first kappa shape index (κ1) is 32.9. The van der Waals surface area contributed by atoms with Gasteiger partial charge >= 0.3 is 0 Å². The first-order valence-corrected chi connectivity index (χ1v) is 19.3. The van der Waals surface area contributed by atoms with Crippen LogP contribution in [-0.2, 0) is 0 Å². The molecule has 5 aromatic carbocycles. The Labute approximate surface area is 335 Å². The lowest BCUT2D eigenvalue weighted by Crippen LogP contribution is -2.10. The largest absolute Gasteiger partial charge is 0.340 e. The molecule has 12 rings (SSSR count). The lowest BCUT2D eigenvalue weighted by atomic mass is 10.2. The van der Waals surface area contributed by atoms with Crippen molar-refractivity contribution < 1.29 is 0 Å². The van der Waals surface area contributed by atoms with E-state index >= 15 is 0 Å². The predicted molar refractivity (Wildman–Crippen MR) is 232 cm³/mol. The number of anilines is 4. The van der Waals surface area contributed by atoms with Gasteiger partial charge in [-0.1, -0.05) is 36.4 Å². The van der Waals surface area contributed by atoms with Gasteiger partial charge in [0.1, 0.15) is 30.6 Å². The van der Waals surface area contributed by atoms with Gasteiger partial charge in [0.25, 0.3) is 0 Å². The third kappa shape index (κ3) is 5.11. The number of fused-ring (bicyclic) bond motifs is 2. The molecule has 0 saturated carbocycles. The second-order valence-corrected chi connectivity index (χ2v) is 14.7. The molecule has 12 aromatic rings. The minimum atomic E-state index is 0.475. The van der Waals surface area contributed by atoms with Crippen LogP contribution in [-0.4, -0.2) is 52.6 Å². The summed E-state index contributed by atoms with van der Waals surface area (Å²) < 4.78 is 10.3. The van der Waals surface area contributed by atoms with Gasteiger partial charge in [0.05, 0.1) is 39.0 Å². The second-order valence-electron chi connectivity index (χ2n) is 14.7. The first-order chi connectivity index (χ1) is 29.1. The zero-order valence-corrected chi connectivity index (χ0v) is 31.9. The summed E-state index contributed by atoms with van der Waals surface area (Å²) >= 11 is 0. The highest BCUT2D eigenvalue weighted by Gasteiger charge is 2.24. The van der Waals surface area contributed by atoms with Crippen LogP contribution >= 0.6 is 0 Å². The number of para-hydroxylation sites is 2. The van der Waals surface area contributed by atoms with Gasteiger partial charge in [-0.05, 0) is 110 Å². The van der Waals surface area contributed by atoms with E-state index in [0.717, 1.165) is 72.7 Å². The molecule has 0 aliphatic rings. The highest BCUT2D eigenvalue weighted by molar-refractivity contribution is 6.08. The van der Waals surface area contributed by atoms with Crippen molar-refractivity contribution in [2.45, 2.75) is 13.8 Å². The van der Waals surface area contributed by atoms with Crippen LogP contribution in [0.2, 0.25) is 0 Å². The van der Waals surface area contributed by atoms with E-state index in [2.05, 4.69) is 141 Å². The number of aryl methyl sites for hydroxylation is 2. The van der Waals surface area contributed by atoms with Gasteiger partial charge in [-0.15, -0.1) is 0 Å². The van der Waals surface area contributed by atoms with Crippen LogP contribution in [0, 0.1) is 13.8 Å². The molecule has 13 heteroatoms. The average molecular weight is 768 g/mol. The van der Waals surface area contributed by atoms with Crippen molar-refractivity contribution in [1.82, 2.24) is 52.6 Å². The fourth-order valence-electron chi connectivity index (χ4n) is 8.35. The van der Waals surface area contributed by atoms with Crippen molar-refractivity contribution >= 4 is 72.9 Å². The van der Waals surface area contributed by atoms with Crippen LogP contribution in [0.4, 0.5) is 23.0 Å². The van der Waals surface area contributed by atoms with Crippen molar-refractivity contribution in [2.24, 2.45) is 0 Å². The Morgan fingerprint density at radius 1 is 0.458 bits per heavy atom. The van der Waals surface area contributed by atoms with Crippen molar-refractivity contribution in [3.8, 4) is 23.0 Å². The Morgan fingerprint density at radius 3 is 1.44 bits per heavy atom. The Hall–Kier alpha value is -8.32. The molecule has 0 spiro atoms. The maximum atomic E-state index is 5.15. The van der Waals surface area contributed by atoms with Crippen LogP contribution in [0.1, 0.15) is 11.1 Å². The maximum Gasteiger partial charge on any atom is 0.240 e. The fraction of sp³-hybridized carbons (Fsp3) is 0.0435. The van der Waals surface area contributed by atoms with Gasteiger partial charge in [0.15, 0.2) is 11.6 Å². The molecule has 0 fully saturated rings. The minimum Gasteiger partial charge on any atom is -0.340 e.